The van der Waals surface area contributed by atoms with Crippen LogP contribution in [0.4, 0.5) is 0 Å². The second-order valence-electron chi connectivity index (χ2n) is 4.53. The number of carbonyl (C=O) groups excluding carboxylic acids is 1. The number of rotatable bonds is 2. The molecule has 2 heterocycles. The number of carbonyl (C=O) groups is 1. The summed E-state index contributed by atoms with van der Waals surface area (Å²) in [6, 6.07) is 8.17. The third kappa shape index (κ3) is 2.01. The molecule has 0 unspecified atom stereocenters. The molecular formula is C14H15NOS. The molecule has 1 aromatic heterocycles. The molecule has 0 saturated carbocycles. The highest BCUT2D eigenvalue weighted by molar-refractivity contribution is 7.17. The summed E-state index contributed by atoms with van der Waals surface area (Å²) in [4.78, 5) is 12.5. The molecule has 1 aliphatic heterocycles. The first kappa shape index (κ1) is 10.9. The molecule has 1 aromatic carbocycles. The van der Waals surface area contributed by atoms with Gasteiger partial charge in [-0.2, -0.15) is 0 Å². The minimum atomic E-state index is 0.217. The first-order valence-corrected chi connectivity index (χ1v) is 6.95. The first-order chi connectivity index (χ1) is 8.36. The fourth-order valence-electron chi connectivity index (χ4n) is 2.47. The molecule has 0 radical (unpaired) electrons. The fourth-order valence-corrected chi connectivity index (χ4v) is 3.42. The quantitative estimate of drug-likeness (QED) is 0.824. The van der Waals surface area contributed by atoms with Gasteiger partial charge in [0.15, 0.2) is 5.78 Å². The Balaban J connectivity index is 1.95. The summed E-state index contributed by atoms with van der Waals surface area (Å²) in [5.74, 6) is 0.554. The Morgan fingerprint density at radius 1 is 1.24 bits per heavy atom. The third-order valence-corrected chi connectivity index (χ3v) is 4.42. The zero-order valence-electron chi connectivity index (χ0n) is 9.61. The largest absolute Gasteiger partial charge is 0.317 e. The van der Waals surface area contributed by atoms with E-state index in [1.807, 2.05) is 17.5 Å². The van der Waals surface area contributed by atoms with Gasteiger partial charge < -0.3 is 5.32 Å². The minimum absolute atomic E-state index is 0.217. The van der Waals surface area contributed by atoms with Crippen LogP contribution in [0.25, 0.3) is 10.1 Å². The second-order valence-corrected chi connectivity index (χ2v) is 5.45. The maximum Gasteiger partial charge on any atom is 0.167 e. The molecular weight excluding hydrogens is 230 g/mol. The summed E-state index contributed by atoms with van der Waals surface area (Å²) in [7, 11) is 0. The van der Waals surface area contributed by atoms with Crippen molar-refractivity contribution < 1.29 is 4.79 Å². The van der Waals surface area contributed by atoms with E-state index in [2.05, 4.69) is 17.4 Å². The van der Waals surface area contributed by atoms with Crippen molar-refractivity contribution in [2.45, 2.75) is 12.8 Å². The number of thiophene rings is 1. The summed E-state index contributed by atoms with van der Waals surface area (Å²) >= 11 is 1.67. The Kier molecular flexibility index (Phi) is 2.95. The number of hydrogen-bond acceptors (Lipinski definition) is 3. The zero-order valence-corrected chi connectivity index (χ0v) is 10.4. The lowest BCUT2D eigenvalue weighted by Gasteiger charge is -2.21. The standard InChI is InChI=1S/C14H15NOS/c16-14(10-5-7-15-8-6-10)12-9-17-13-4-2-1-3-11(12)13/h1-4,9-10,15H,5-8H2. The van der Waals surface area contributed by atoms with E-state index in [4.69, 9.17) is 0 Å². The van der Waals surface area contributed by atoms with E-state index in [9.17, 15) is 4.79 Å². The highest BCUT2D eigenvalue weighted by atomic mass is 32.1. The summed E-state index contributed by atoms with van der Waals surface area (Å²) in [5.41, 5.74) is 0.928. The Bertz CT molecular complexity index is 540. The maximum atomic E-state index is 12.5. The van der Waals surface area contributed by atoms with Gasteiger partial charge in [-0.15, -0.1) is 11.3 Å². The number of nitrogens with one attached hydrogen (secondary N) is 1. The number of fused-ring (bicyclic) bond motifs is 1. The summed E-state index contributed by atoms with van der Waals surface area (Å²) in [6.45, 7) is 1.94. The van der Waals surface area contributed by atoms with Gasteiger partial charge in [0.2, 0.25) is 0 Å². The molecule has 0 atom stereocenters. The van der Waals surface area contributed by atoms with Crippen LogP contribution in [0.15, 0.2) is 29.6 Å². The smallest absolute Gasteiger partial charge is 0.167 e. The van der Waals surface area contributed by atoms with Crippen LogP contribution in [0.5, 0.6) is 0 Å². The van der Waals surface area contributed by atoms with Crippen LogP contribution in [0.3, 0.4) is 0 Å². The molecule has 3 heteroatoms. The van der Waals surface area contributed by atoms with Crippen molar-refractivity contribution in [1.29, 1.82) is 0 Å². The van der Waals surface area contributed by atoms with Crippen LogP contribution in [0.1, 0.15) is 23.2 Å². The summed E-state index contributed by atoms with van der Waals surface area (Å²) in [6.07, 6.45) is 1.95. The monoisotopic (exact) mass is 245 g/mol. The van der Waals surface area contributed by atoms with Gasteiger partial charge in [0, 0.05) is 26.9 Å². The van der Waals surface area contributed by atoms with Gasteiger partial charge in [-0.25, -0.2) is 0 Å². The van der Waals surface area contributed by atoms with Crippen LogP contribution < -0.4 is 5.32 Å². The SMILES string of the molecule is O=C(c1csc2ccccc12)C1CCNCC1. The maximum absolute atomic E-state index is 12.5. The van der Waals surface area contributed by atoms with Crippen LogP contribution in [0.2, 0.25) is 0 Å². The Hall–Kier alpha value is -1.19. The van der Waals surface area contributed by atoms with Crippen molar-refractivity contribution in [1.82, 2.24) is 5.32 Å². The fraction of sp³-hybridized carbons (Fsp3) is 0.357. The average molecular weight is 245 g/mol. The number of ketones is 1. The van der Waals surface area contributed by atoms with Gasteiger partial charge in [0.1, 0.15) is 0 Å². The van der Waals surface area contributed by atoms with Crippen molar-refractivity contribution in [3.8, 4) is 0 Å². The van der Waals surface area contributed by atoms with E-state index in [-0.39, 0.29) is 5.92 Å². The average Bonchev–Trinajstić information content (AvgIpc) is 2.83. The summed E-state index contributed by atoms with van der Waals surface area (Å²) < 4.78 is 1.21. The van der Waals surface area contributed by atoms with Gasteiger partial charge >= 0.3 is 0 Å². The lowest BCUT2D eigenvalue weighted by molar-refractivity contribution is 0.0897. The van der Waals surface area contributed by atoms with Gasteiger partial charge in [-0.3, -0.25) is 4.79 Å². The van der Waals surface area contributed by atoms with E-state index in [0.29, 0.717) is 5.78 Å². The molecule has 88 valence electrons. The van der Waals surface area contributed by atoms with Gasteiger partial charge in [-0.05, 0) is 32.0 Å². The van der Waals surface area contributed by atoms with Gasteiger partial charge in [-0.1, -0.05) is 18.2 Å². The van der Waals surface area contributed by atoms with Gasteiger partial charge in [0.25, 0.3) is 0 Å². The van der Waals surface area contributed by atoms with Crippen molar-refractivity contribution >= 4 is 27.2 Å². The Morgan fingerprint density at radius 3 is 2.82 bits per heavy atom. The molecule has 1 fully saturated rings. The van der Waals surface area contributed by atoms with E-state index in [0.717, 1.165) is 36.9 Å². The van der Waals surface area contributed by atoms with Crippen molar-refractivity contribution in [3.05, 3.63) is 35.2 Å². The number of hydrogen-bond donors (Lipinski definition) is 1. The number of Topliss-reactive ketones (excluding diaryl/α,β-unsaturated/α-hetero) is 1. The Labute approximate surface area is 105 Å². The third-order valence-electron chi connectivity index (χ3n) is 3.46. The van der Waals surface area contributed by atoms with E-state index in [1.165, 1.54) is 4.70 Å². The lowest BCUT2D eigenvalue weighted by Crippen LogP contribution is -2.31. The lowest BCUT2D eigenvalue weighted by atomic mass is 9.89. The van der Waals surface area contributed by atoms with Crippen molar-refractivity contribution in [3.63, 3.8) is 0 Å². The topological polar surface area (TPSA) is 29.1 Å². The van der Waals surface area contributed by atoms with Crippen molar-refractivity contribution in [2.75, 3.05) is 13.1 Å². The number of piperidine rings is 1. The second kappa shape index (κ2) is 4.59. The Morgan fingerprint density at radius 2 is 2.00 bits per heavy atom. The van der Waals surface area contributed by atoms with E-state index in [1.54, 1.807) is 11.3 Å². The molecule has 0 spiro atoms. The molecule has 1 saturated heterocycles. The van der Waals surface area contributed by atoms with Gasteiger partial charge in [0.05, 0.1) is 0 Å². The van der Waals surface area contributed by atoms with Crippen LogP contribution >= 0.6 is 11.3 Å². The molecule has 0 aliphatic carbocycles. The van der Waals surface area contributed by atoms with Crippen LogP contribution in [-0.4, -0.2) is 18.9 Å². The predicted octanol–water partition coefficient (Wildman–Crippen LogP) is 3.08. The zero-order chi connectivity index (χ0) is 11.7. The molecule has 17 heavy (non-hydrogen) atoms. The molecule has 0 amide bonds. The summed E-state index contributed by atoms with van der Waals surface area (Å²) in [5, 5.41) is 6.45. The molecule has 1 N–H and O–H groups in total. The van der Waals surface area contributed by atoms with Crippen LogP contribution in [-0.2, 0) is 0 Å². The number of benzene rings is 1. The first-order valence-electron chi connectivity index (χ1n) is 6.07. The predicted molar refractivity (Wildman–Crippen MR) is 71.7 cm³/mol. The highest BCUT2D eigenvalue weighted by Crippen LogP contribution is 2.29. The highest BCUT2D eigenvalue weighted by Gasteiger charge is 2.23. The molecule has 2 aromatic rings. The molecule has 1 aliphatic rings. The normalized spacial score (nSPS) is 17.4. The molecule has 3 rings (SSSR count). The minimum Gasteiger partial charge on any atom is -0.317 e. The molecule has 0 bridgehead atoms. The van der Waals surface area contributed by atoms with E-state index >= 15 is 0 Å². The van der Waals surface area contributed by atoms with Crippen molar-refractivity contribution in [2.24, 2.45) is 5.92 Å². The van der Waals surface area contributed by atoms with E-state index < -0.39 is 0 Å². The molecule has 2 nitrogen and oxygen atoms in total. The van der Waals surface area contributed by atoms with Crippen LogP contribution in [0, 0.1) is 5.92 Å².